The number of methoxy groups -OCH3 is 1. The van der Waals surface area contributed by atoms with Crippen LogP contribution in [0.2, 0.25) is 0 Å². The number of phenolic OH excluding ortho intramolecular Hbond substituents is 1. The van der Waals surface area contributed by atoms with Gasteiger partial charge >= 0.3 is 0 Å². The molecule has 0 heterocycles. The third kappa shape index (κ3) is 6.98. The zero-order chi connectivity index (χ0) is 15.5. The number of phenols is 1. The van der Waals surface area contributed by atoms with Crippen molar-refractivity contribution in [2.45, 2.75) is 51.9 Å². The van der Waals surface area contributed by atoms with E-state index in [0.29, 0.717) is 18.6 Å². The number of ketones is 1. The first kappa shape index (κ1) is 17.3. The summed E-state index contributed by atoms with van der Waals surface area (Å²) in [5.74, 6) is 0.725. The molecule has 0 spiro atoms. The second-order valence-corrected chi connectivity index (χ2v) is 5.22. The van der Waals surface area contributed by atoms with E-state index < -0.39 is 0 Å². The molecule has 1 N–H and O–H groups in total. The van der Waals surface area contributed by atoms with E-state index in [-0.39, 0.29) is 11.5 Å². The summed E-state index contributed by atoms with van der Waals surface area (Å²) in [6.45, 7) is 2.19. The van der Waals surface area contributed by atoms with E-state index >= 15 is 0 Å². The third-order valence-electron chi connectivity index (χ3n) is 3.43. The van der Waals surface area contributed by atoms with Gasteiger partial charge < -0.3 is 9.84 Å². The molecule has 0 unspecified atom stereocenters. The number of rotatable bonds is 10. The number of aryl methyl sites for hydroxylation is 1. The Hall–Kier alpha value is -1.77. The van der Waals surface area contributed by atoms with Gasteiger partial charge in [0, 0.05) is 6.42 Å². The number of benzene rings is 1. The van der Waals surface area contributed by atoms with E-state index in [1.807, 2.05) is 12.1 Å². The maximum absolute atomic E-state index is 11.8. The topological polar surface area (TPSA) is 46.5 Å². The standard InChI is InChI=1S/C18H26O3/c1-3-4-5-6-7-8-9-16(19)12-10-15-11-13-17(20)18(14-15)21-2/h8-9,11,13-14,20H,3-7,10,12H2,1-2H3/b9-8+. The van der Waals surface area contributed by atoms with Gasteiger partial charge in [-0.05, 0) is 43.0 Å². The van der Waals surface area contributed by atoms with Gasteiger partial charge in [0.2, 0.25) is 0 Å². The predicted octanol–water partition coefficient (Wildman–Crippen LogP) is 4.43. The number of ether oxygens (including phenoxy) is 1. The van der Waals surface area contributed by atoms with Gasteiger partial charge in [0.1, 0.15) is 0 Å². The summed E-state index contributed by atoms with van der Waals surface area (Å²) >= 11 is 0. The molecule has 0 bridgehead atoms. The lowest BCUT2D eigenvalue weighted by Gasteiger charge is -2.05. The van der Waals surface area contributed by atoms with Crippen LogP contribution in [0.15, 0.2) is 30.4 Å². The zero-order valence-electron chi connectivity index (χ0n) is 13.1. The van der Waals surface area contributed by atoms with Crippen LogP contribution in [0.1, 0.15) is 51.0 Å². The van der Waals surface area contributed by atoms with E-state index in [1.54, 1.807) is 18.2 Å². The Morgan fingerprint density at radius 1 is 1.29 bits per heavy atom. The Morgan fingerprint density at radius 2 is 2.10 bits per heavy atom. The second-order valence-electron chi connectivity index (χ2n) is 5.22. The highest BCUT2D eigenvalue weighted by Crippen LogP contribution is 2.26. The van der Waals surface area contributed by atoms with Crippen molar-refractivity contribution in [2.24, 2.45) is 0 Å². The number of aromatic hydroxyl groups is 1. The number of carbonyl (C=O) groups is 1. The molecule has 0 fully saturated rings. The quantitative estimate of drug-likeness (QED) is 0.512. The Bertz CT molecular complexity index is 464. The first-order valence-electron chi connectivity index (χ1n) is 7.72. The summed E-state index contributed by atoms with van der Waals surface area (Å²) in [5.41, 5.74) is 0.995. The molecular formula is C18H26O3. The molecule has 116 valence electrons. The first-order chi connectivity index (χ1) is 10.2. The SMILES string of the molecule is CCCCCC/C=C/C(=O)CCc1ccc(O)c(OC)c1. The second kappa shape index (κ2) is 10.0. The number of unbranched alkanes of at least 4 members (excludes halogenated alkanes) is 4. The van der Waals surface area contributed by atoms with Crippen LogP contribution in [-0.2, 0) is 11.2 Å². The number of hydrogen-bond donors (Lipinski definition) is 1. The van der Waals surface area contributed by atoms with Crippen molar-refractivity contribution in [2.75, 3.05) is 7.11 Å². The fourth-order valence-corrected chi connectivity index (χ4v) is 2.13. The lowest BCUT2D eigenvalue weighted by atomic mass is 10.1. The molecule has 0 amide bonds. The molecule has 0 saturated heterocycles. The Labute approximate surface area is 127 Å². The van der Waals surface area contributed by atoms with Crippen LogP contribution < -0.4 is 4.74 Å². The molecule has 0 aromatic heterocycles. The van der Waals surface area contributed by atoms with Gasteiger partial charge in [-0.15, -0.1) is 0 Å². The van der Waals surface area contributed by atoms with Gasteiger partial charge in [0.15, 0.2) is 17.3 Å². The minimum absolute atomic E-state index is 0.125. The first-order valence-corrected chi connectivity index (χ1v) is 7.72. The lowest BCUT2D eigenvalue weighted by molar-refractivity contribution is -0.114. The number of allylic oxidation sites excluding steroid dienone is 2. The highest BCUT2D eigenvalue weighted by atomic mass is 16.5. The summed E-state index contributed by atoms with van der Waals surface area (Å²) in [7, 11) is 1.52. The van der Waals surface area contributed by atoms with Crippen LogP contribution in [0.3, 0.4) is 0 Å². The van der Waals surface area contributed by atoms with Gasteiger partial charge in [-0.1, -0.05) is 38.3 Å². The maximum Gasteiger partial charge on any atom is 0.160 e. The average Bonchev–Trinajstić information content (AvgIpc) is 2.50. The molecule has 1 rings (SSSR count). The van der Waals surface area contributed by atoms with Crippen molar-refractivity contribution >= 4 is 5.78 Å². The number of hydrogen-bond acceptors (Lipinski definition) is 3. The highest BCUT2D eigenvalue weighted by molar-refractivity contribution is 5.89. The maximum atomic E-state index is 11.8. The molecule has 0 atom stereocenters. The predicted molar refractivity (Wildman–Crippen MR) is 85.9 cm³/mol. The molecule has 21 heavy (non-hydrogen) atoms. The van der Waals surface area contributed by atoms with Gasteiger partial charge in [0.25, 0.3) is 0 Å². The summed E-state index contributed by atoms with van der Waals surface area (Å²) in [6, 6.07) is 5.19. The fourth-order valence-electron chi connectivity index (χ4n) is 2.13. The van der Waals surface area contributed by atoms with Crippen molar-refractivity contribution < 1.29 is 14.6 Å². The van der Waals surface area contributed by atoms with E-state index in [0.717, 1.165) is 18.4 Å². The zero-order valence-corrected chi connectivity index (χ0v) is 13.1. The summed E-state index contributed by atoms with van der Waals surface area (Å²) in [6.07, 6.45) is 10.7. The van der Waals surface area contributed by atoms with Gasteiger partial charge in [-0.2, -0.15) is 0 Å². The molecule has 1 aromatic carbocycles. The van der Waals surface area contributed by atoms with E-state index in [4.69, 9.17) is 4.74 Å². The molecular weight excluding hydrogens is 264 g/mol. The van der Waals surface area contributed by atoms with Crippen LogP contribution in [0.4, 0.5) is 0 Å². The monoisotopic (exact) mass is 290 g/mol. The van der Waals surface area contributed by atoms with Crippen LogP contribution in [0.25, 0.3) is 0 Å². The molecule has 0 saturated carbocycles. The molecule has 0 aliphatic heterocycles. The Balaban J connectivity index is 2.31. The fraction of sp³-hybridized carbons (Fsp3) is 0.500. The van der Waals surface area contributed by atoms with Crippen LogP contribution in [0, 0.1) is 0 Å². The summed E-state index contributed by atoms with van der Waals surface area (Å²) < 4.78 is 5.06. The third-order valence-corrected chi connectivity index (χ3v) is 3.43. The van der Waals surface area contributed by atoms with Crippen LogP contribution in [-0.4, -0.2) is 18.0 Å². The van der Waals surface area contributed by atoms with E-state index in [2.05, 4.69) is 6.92 Å². The largest absolute Gasteiger partial charge is 0.504 e. The van der Waals surface area contributed by atoms with Crippen molar-refractivity contribution in [3.05, 3.63) is 35.9 Å². The van der Waals surface area contributed by atoms with Crippen molar-refractivity contribution in [3.63, 3.8) is 0 Å². The Morgan fingerprint density at radius 3 is 2.81 bits per heavy atom. The average molecular weight is 290 g/mol. The van der Waals surface area contributed by atoms with Crippen molar-refractivity contribution in [1.29, 1.82) is 0 Å². The Kier molecular flexibility index (Phi) is 8.25. The number of carbonyl (C=O) groups excluding carboxylic acids is 1. The van der Waals surface area contributed by atoms with Gasteiger partial charge in [-0.3, -0.25) is 4.79 Å². The molecule has 0 aliphatic carbocycles. The normalized spacial score (nSPS) is 11.0. The molecule has 0 radical (unpaired) electrons. The van der Waals surface area contributed by atoms with Crippen LogP contribution in [0.5, 0.6) is 11.5 Å². The van der Waals surface area contributed by atoms with Crippen molar-refractivity contribution in [1.82, 2.24) is 0 Å². The summed E-state index contributed by atoms with van der Waals surface area (Å²) in [4.78, 5) is 11.8. The van der Waals surface area contributed by atoms with Crippen molar-refractivity contribution in [3.8, 4) is 11.5 Å². The van der Waals surface area contributed by atoms with Gasteiger partial charge in [-0.25, -0.2) is 0 Å². The van der Waals surface area contributed by atoms with E-state index in [1.165, 1.54) is 26.4 Å². The van der Waals surface area contributed by atoms with E-state index in [9.17, 15) is 9.90 Å². The van der Waals surface area contributed by atoms with Gasteiger partial charge in [0.05, 0.1) is 7.11 Å². The minimum atomic E-state index is 0.125. The molecule has 3 nitrogen and oxygen atoms in total. The lowest BCUT2D eigenvalue weighted by Crippen LogP contribution is -1.96. The molecule has 3 heteroatoms. The highest BCUT2D eigenvalue weighted by Gasteiger charge is 2.04. The van der Waals surface area contributed by atoms with Crippen LogP contribution >= 0.6 is 0 Å². The molecule has 0 aliphatic rings. The summed E-state index contributed by atoms with van der Waals surface area (Å²) in [5, 5.41) is 9.51. The smallest absolute Gasteiger partial charge is 0.160 e. The minimum Gasteiger partial charge on any atom is -0.504 e. The molecule has 1 aromatic rings.